The molecule has 0 unspecified atom stereocenters. The summed E-state index contributed by atoms with van der Waals surface area (Å²) in [7, 11) is 1.29. The van der Waals surface area contributed by atoms with Crippen molar-refractivity contribution in [1.29, 1.82) is 0 Å². The average molecular weight is 469 g/mol. The van der Waals surface area contributed by atoms with Crippen LogP contribution < -0.4 is 4.74 Å². The molecule has 8 heteroatoms. The van der Waals surface area contributed by atoms with Gasteiger partial charge in [0.1, 0.15) is 28.6 Å². The first-order chi connectivity index (χ1) is 15.9. The van der Waals surface area contributed by atoms with Crippen LogP contribution in [-0.2, 0) is 6.54 Å². The molecule has 4 aromatic rings. The second-order valence-electron chi connectivity index (χ2n) is 8.06. The molecule has 1 fully saturated rings. The minimum atomic E-state index is -1.33. The fourth-order valence-electron chi connectivity index (χ4n) is 4.24. The predicted molar refractivity (Wildman–Crippen MR) is 121 cm³/mol. The van der Waals surface area contributed by atoms with Crippen LogP contribution in [0, 0.1) is 11.6 Å². The summed E-state index contributed by atoms with van der Waals surface area (Å²) in [5.41, 5.74) is 2.22. The standard InChI is InChI=1S/C25H19ClF2N2O3/c1-33-22-11-15(20(28)10-16(22)25(31)32)24-23-19(27)6-3-7-21(23)30(29-24)12-17-14(13-8-9-13)4-2-5-18(17)26/h2-7,10-11,13H,8-9,12H2,1H3,(H,31,32). The van der Waals surface area contributed by atoms with E-state index in [1.54, 1.807) is 16.8 Å². The van der Waals surface area contributed by atoms with Crippen molar-refractivity contribution in [3.63, 3.8) is 0 Å². The number of methoxy groups -OCH3 is 1. The van der Waals surface area contributed by atoms with E-state index in [0.717, 1.165) is 30.0 Å². The monoisotopic (exact) mass is 468 g/mol. The molecule has 1 N–H and O–H groups in total. The summed E-state index contributed by atoms with van der Waals surface area (Å²) >= 11 is 6.52. The van der Waals surface area contributed by atoms with E-state index in [-0.39, 0.29) is 34.5 Å². The molecule has 1 aliphatic carbocycles. The Hall–Kier alpha value is -3.45. The normalized spacial score (nSPS) is 13.5. The number of aromatic nitrogens is 2. The highest BCUT2D eigenvalue weighted by Gasteiger charge is 2.28. The molecular formula is C25H19ClF2N2O3. The maximum atomic E-state index is 15.0. The summed E-state index contributed by atoms with van der Waals surface area (Å²) in [5, 5.41) is 14.6. The fraction of sp³-hybridized carbons (Fsp3) is 0.200. The molecule has 0 aliphatic heterocycles. The van der Waals surface area contributed by atoms with E-state index >= 15 is 4.39 Å². The van der Waals surface area contributed by atoms with Crippen LogP contribution in [0.2, 0.25) is 5.02 Å². The van der Waals surface area contributed by atoms with Crippen LogP contribution >= 0.6 is 11.6 Å². The minimum Gasteiger partial charge on any atom is -0.496 e. The second-order valence-corrected chi connectivity index (χ2v) is 8.47. The van der Waals surface area contributed by atoms with E-state index in [9.17, 15) is 14.3 Å². The summed E-state index contributed by atoms with van der Waals surface area (Å²) < 4.78 is 36.8. The number of carboxylic acid groups (broad SMARTS) is 1. The Morgan fingerprint density at radius 2 is 1.94 bits per heavy atom. The molecule has 0 saturated heterocycles. The number of fused-ring (bicyclic) bond motifs is 1. The zero-order valence-corrected chi connectivity index (χ0v) is 18.4. The number of rotatable bonds is 6. The van der Waals surface area contributed by atoms with Crippen molar-refractivity contribution < 1.29 is 23.4 Å². The Balaban J connectivity index is 1.70. The fourth-order valence-corrected chi connectivity index (χ4v) is 4.48. The van der Waals surface area contributed by atoms with Crippen molar-refractivity contribution in [2.45, 2.75) is 25.3 Å². The topological polar surface area (TPSA) is 64.4 Å². The van der Waals surface area contributed by atoms with E-state index in [1.807, 2.05) is 18.2 Å². The van der Waals surface area contributed by atoms with Gasteiger partial charge < -0.3 is 9.84 Å². The van der Waals surface area contributed by atoms with Gasteiger partial charge in [0, 0.05) is 10.6 Å². The first-order valence-corrected chi connectivity index (χ1v) is 10.8. The Kier molecular flexibility index (Phi) is 5.29. The number of nitrogens with zero attached hydrogens (tertiary/aromatic N) is 2. The highest BCUT2D eigenvalue weighted by molar-refractivity contribution is 6.31. The second kappa shape index (κ2) is 8.15. The van der Waals surface area contributed by atoms with Crippen LogP contribution in [0.4, 0.5) is 8.78 Å². The molecule has 3 aromatic carbocycles. The summed E-state index contributed by atoms with van der Waals surface area (Å²) in [6.07, 6.45) is 2.18. The highest BCUT2D eigenvalue weighted by Crippen LogP contribution is 2.44. The molecular weight excluding hydrogens is 450 g/mol. The van der Waals surface area contributed by atoms with Crippen molar-refractivity contribution in [2.24, 2.45) is 0 Å². The molecule has 1 aromatic heterocycles. The van der Waals surface area contributed by atoms with Crippen molar-refractivity contribution in [3.8, 4) is 17.0 Å². The van der Waals surface area contributed by atoms with Crippen LogP contribution in [0.1, 0.15) is 40.2 Å². The average Bonchev–Trinajstić information content (AvgIpc) is 3.57. The Labute approximate surface area is 193 Å². The van der Waals surface area contributed by atoms with E-state index < -0.39 is 17.6 Å². The van der Waals surface area contributed by atoms with E-state index in [1.165, 1.54) is 19.2 Å². The Bertz CT molecular complexity index is 1410. The minimum absolute atomic E-state index is 0.0416. The molecule has 1 heterocycles. The Morgan fingerprint density at radius 1 is 1.18 bits per heavy atom. The molecule has 0 spiro atoms. The molecule has 1 aliphatic rings. The van der Waals surface area contributed by atoms with E-state index in [2.05, 4.69) is 5.10 Å². The number of hydrogen-bond acceptors (Lipinski definition) is 3. The van der Waals surface area contributed by atoms with Crippen LogP contribution in [-0.4, -0.2) is 28.0 Å². The number of ether oxygens (including phenoxy) is 1. The zero-order valence-electron chi connectivity index (χ0n) is 17.6. The number of benzene rings is 3. The van der Waals surface area contributed by atoms with Crippen molar-refractivity contribution >= 4 is 28.5 Å². The zero-order chi connectivity index (χ0) is 23.3. The van der Waals surface area contributed by atoms with Gasteiger partial charge in [-0.15, -0.1) is 0 Å². The number of halogens is 3. The Morgan fingerprint density at radius 3 is 2.64 bits per heavy atom. The summed E-state index contributed by atoms with van der Waals surface area (Å²) in [4.78, 5) is 11.4. The molecule has 1 saturated carbocycles. The summed E-state index contributed by atoms with van der Waals surface area (Å²) in [6, 6.07) is 12.4. The van der Waals surface area contributed by atoms with Gasteiger partial charge >= 0.3 is 5.97 Å². The van der Waals surface area contributed by atoms with Crippen molar-refractivity contribution in [1.82, 2.24) is 9.78 Å². The van der Waals surface area contributed by atoms with Gasteiger partial charge in [0.25, 0.3) is 0 Å². The van der Waals surface area contributed by atoms with Gasteiger partial charge in [0.2, 0.25) is 0 Å². The molecule has 0 atom stereocenters. The van der Waals surface area contributed by atoms with Crippen LogP contribution in [0.3, 0.4) is 0 Å². The predicted octanol–water partition coefficient (Wildman–Crippen LogP) is 6.27. The van der Waals surface area contributed by atoms with Crippen LogP contribution in [0.15, 0.2) is 48.5 Å². The van der Waals surface area contributed by atoms with Gasteiger partial charge in [-0.2, -0.15) is 5.10 Å². The van der Waals surface area contributed by atoms with Crippen LogP contribution in [0.5, 0.6) is 5.75 Å². The van der Waals surface area contributed by atoms with Gasteiger partial charge in [0.15, 0.2) is 0 Å². The molecule has 33 heavy (non-hydrogen) atoms. The third-order valence-electron chi connectivity index (χ3n) is 5.98. The van der Waals surface area contributed by atoms with Gasteiger partial charge in [-0.3, -0.25) is 4.68 Å². The number of aromatic carboxylic acids is 1. The lowest BCUT2D eigenvalue weighted by Crippen LogP contribution is -2.06. The number of carboxylic acids is 1. The number of carbonyl (C=O) groups is 1. The van der Waals surface area contributed by atoms with Gasteiger partial charge in [-0.05, 0) is 60.2 Å². The summed E-state index contributed by atoms with van der Waals surface area (Å²) in [5.74, 6) is -2.32. The largest absolute Gasteiger partial charge is 0.496 e. The lowest BCUT2D eigenvalue weighted by molar-refractivity contribution is 0.0692. The van der Waals surface area contributed by atoms with Gasteiger partial charge in [-0.1, -0.05) is 29.8 Å². The van der Waals surface area contributed by atoms with E-state index in [0.29, 0.717) is 16.5 Å². The summed E-state index contributed by atoms with van der Waals surface area (Å²) in [6.45, 7) is 0.289. The smallest absolute Gasteiger partial charge is 0.339 e. The first kappa shape index (κ1) is 21.4. The molecule has 0 bridgehead atoms. The van der Waals surface area contributed by atoms with E-state index in [4.69, 9.17) is 16.3 Å². The maximum absolute atomic E-state index is 15.0. The third kappa shape index (κ3) is 3.72. The van der Waals surface area contributed by atoms with Crippen molar-refractivity contribution in [2.75, 3.05) is 7.11 Å². The third-order valence-corrected chi connectivity index (χ3v) is 6.34. The number of hydrogen-bond donors (Lipinski definition) is 1. The molecule has 168 valence electrons. The van der Waals surface area contributed by atoms with Gasteiger partial charge in [-0.25, -0.2) is 13.6 Å². The van der Waals surface area contributed by atoms with Crippen molar-refractivity contribution in [3.05, 3.63) is 81.9 Å². The quantitative estimate of drug-likeness (QED) is 0.362. The molecule has 0 amide bonds. The maximum Gasteiger partial charge on any atom is 0.339 e. The highest BCUT2D eigenvalue weighted by atomic mass is 35.5. The lowest BCUT2D eigenvalue weighted by atomic mass is 10.0. The van der Waals surface area contributed by atoms with Crippen LogP contribution in [0.25, 0.3) is 22.2 Å². The molecule has 5 rings (SSSR count). The van der Waals surface area contributed by atoms with Gasteiger partial charge in [0.05, 0.1) is 24.6 Å². The molecule has 0 radical (unpaired) electrons. The SMILES string of the molecule is COc1cc(-c2nn(Cc3c(Cl)cccc3C3CC3)c3cccc(F)c23)c(F)cc1C(=O)O. The first-order valence-electron chi connectivity index (χ1n) is 10.4. The molecule has 5 nitrogen and oxygen atoms in total. The lowest BCUT2D eigenvalue weighted by Gasteiger charge is -2.12.